The molecule has 0 saturated carbocycles. The number of hydrogen-bond acceptors (Lipinski definition) is 3. The van der Waals surface area contributed by atoms with E-state index in [0.29, 0.717) is 19.2 Å². The van der Waals surface area contributed by atoms with E-state index in [1.54, 1.807) is 0 Å². The normalized spacial score (nSPS) is 25.2. The summed E-state index contributed by atoms with van der Waals surface area (Å²) in [6.07, 6.45) is -2.12. The average molecular weight is 328 g/mol. The molecule has 2 aliphatic heterocycles. The van der Waals surface area contributed by atoms with Crippen molar-refractivity contribution < 1.29 is 22.7 Å². The van der Waals surface area contributed by atoms with Crippen LogP contribution >= 0.6 is 0 Å². The molecule has 0 spiro atoms. The van der Waals surface area contributed by atoms with E-state index in [2.05, 4.69) is 10.2 Å². The summed E-state index contributed by atoms with van der Waals surface area (Å²) in [4.78, 5) is 14.4. The Kier molecular flexibility index (Phi) is 4.59. The number of nitrogens with zero attached hydrogens (tertiary/aromatic N) is 1. The van der Waals surface area contributed by atoms with Crippen LogP contribution < -0.4 is 5.32 Å². The summed E-state index contributed by atoms with van der Waals surface area (Å²) >= 11 is 0. The molecule has 1 amide bonds. The molecule has 7 heteroatoms. The average Bonchev–Trinajstić information content (AvgIpc) is 2.99. The third-order valence-electron chi connectivity index (χ3n) is 4.43. The number of halogens is 3. The quantitative estimate of drug-likeness (QED) is 0.926. The molecule has 23 heavy (non-hydrogen) atoms. The fourth-order valence-corrected chi connectivity index (χ4v) is 3.13. The second-order valence-corrected chi connectivity index (χ2v) is 6.03. The van der Waals surface area contributed by atoms with Gasteiger partial charge in [0.2, 0.25) is 0 Å². The molecule has 2 fully saturated rings. The Balaban J connectivity index is 1.51. The van der Waals surface area contributed by atoms with Crippen molar-refractivity contribution in [2.24, 2.45) is 0 Å². The second kappa shape index (κ2) is 6.49. The van der Waals surface area contributed by atoms with E-state index in [4.69, 9.17) is 4.74 Å². The number of carbonyl (C=O) groups excluding carboxylic acids is 1. The van der Waals surface area contributed by atoms with Gasteiger partial charge in [-0.15, -0.1) is 0 Å². The van der Waals surface area contributed by atoms with Gasteiger partial charge in [-0.1, -0.05) is 0 Å². The van der Waals surface area contributed by atoms with Gasteiger partial charge in [-0.05, 0) is 43.7 Å². The van der Waals surface area contributed by atoms with Gasteiger partial charge in [0, 0.05) is 24.7 Å². The van der Waals surface area contributed by atoms with Crippen LogP contribution in [0.1, 0.15) is 28.8 Å². The Morgan fingerprint density at radius 1 is 1.30 bits per heavy atom. The number of rotatable bonds is 3. The van der Waals surface area contributed by atoms with Gasteiger partial charge < -0.3 is 10.1 Å². The largest absolute Gasteiger partial charge is 0.416 e. The number of nitrogens with one attached hydrogen (secondary N) is 1. The van der Waals surface area contributed by atoms with Gasteiger partial charge in [-0.2, -0.15) is 13.2 Å². The first-order valence-electron chi connectivity index (χ1n) is 7.74. The Morgan fingerprint density at radius 3 is 2.74 bits per heavy atom. The minimum Gasteiger partial charge on any atom is -0.373 e. The third kappa shape index (κ3) is 3.84. The maximum Gasteiger partial charge on any atom is 0.416 e. The van der Waals surface area contributed by atoms with E-state index in [1.807, 2.05) is 0 Å². The molecule has 0 aromatic heterocycles. The first kappa shape index (κ1) is 16.3. The molecule has 2 saturated heterocycles. The molecule has 1 aromatic carbocycles. The summed E-state index contributed by atoms with van der Waals surface area (Å²) in [6.45, 7) is 2.90. The van der Waals surface area contributed by atoms with Crippen LogP contribution in [-0.4, -0.2) is 49.2 Å². The van der Waals surface area contributed by atoms with E-state index in [9.17, 15) is 18.0 Å². The highest BCUT2D eigenvalue weighted by Crippen LogP contribution is 2.29. The van der Waals surface area contributed by atoms with E-state index in [-0.39, 0.29) is 17.6 Å². The van der Waals surface area contributed by atoms with Crippen molar-refractivity contribution in [3.8, 4) is 0 Å². The summed E-state index contributed by atoms with van der Waals surface area (Å²) in [5.41, 5.74) is -0.544. The summed E-state index contributed by atoms with van der Waals surface area (Å²) in [5, 5.41) is 2.73. The van der Waals surface area contributed by atoms with Crippen LogP contribution in [0.5, 0.6) is 0 Å². The number of carbonyl (C=O) groups is 1. The predicted molar refractivity (Wildman–Crippen MR) is 78.1 cm³/mol. The van der Waals surface area contributed by atoms with Crippen molar-refractivity contribution in [3.05, 3.63) is 35.4 Å². The highest BCUT2D eigenvalue weighted by atomic mass is 19.4. The van der Waals surface area contributed by atoms with Gasteiger partial charge >= 0.3 is 6.18 Å². The van der Waals surface area contributed by atoms with Gasteiger partial charge in [-0.3, -0.25) is 9.69 Å². The standard InChI is InChI=1S/C16H19F3N2O2/c17-16(18,19)12-5-3-11(4-6-12)15(22)20-8-14-9-21-7-1-2-13(21)10-23-14/h3-6,13-14H,1-2,7-10H2,(H,20,22)/t13-,14-/m1/s1. The minimum atomic E-state index is -4.39. The van der Waals surface area contributed by atoms with Crippen molar-refractivity contribution in [1.82, 2.24) is 10.2 Å². The highest BCUT2D eigenvalue weighted by molar-refractivity contribution is 5.94. The lowest BCUT2D eigenvalue weighted by molar-refractivity contribution is -0.137. The van der Waals surface area contributed by atoms with Crippen LogP contribution in [0.15, 0.2) is 24.3 Å². The second-order valence-electron chi connectivity index (χ2n) is 6.03. The lowest BCUT2D eigenvalue weighted by atomic mass is 10.1. The van der Waals surface area contributed by atoms with E-state index < -0.39 is 11.7 Å². The molecule has 1 aromatic rings. The molecule has 2 atom stereocenters. The molecule has 2 aliphatic rings. The molecule has 0 unspecified atom stereocenters. The fraction of sp³-hybridized carbons (Fsp3) is 0.562. The topological polar surface area (TPSA) is 41.6 Å². The smallest absolute Gasteiger partial charge is 0.373 e. The Hall–Kier alpha value is -1.60. The molecule has 126 valence electrons. The Bertz CT molecular complexity index is 559. The van der Waals surface area contributed by atoms with Crippen molar-refractivity contribution in [2.45, 2.75) is 31.2 Å². The van der Waals surface area contributed by atoms with Gasteiger partial charge in [0.05, 0.1) is 18.3 Å². The van der Waals surface area contributed by atoms with Gasteiger partial charge in [-0.25, -0.2) is 0 Å². The van der Waals surface area contributed by atoms with Gasteiger partial charge in [0.15, 0.2) is 0 Å². The number of morpholine rings is 1. The summed E-state index contributed by atoms with van der Waals surface area (Å²) < 4.78 is 43.2. The van der Waals surface area contributed by atoms with Crippen LogP contribution in [-0.2, 0) is 10.9 Å². The van der Waals surface area contributed by atoms with E-state index in [1.165, 1.54) is 18.6 Å². The zero-order chi connectivity index (χ0) is 16.4. The SMILES string of the molecule is O=C(NC[C@@H]1CN2CCC[C@@H]2CO1)c1ccc(C(F)(F)F)cc1. The summed E-state index contributed by atoms with van der Waals surface area (Å²) in [7, 11) is 0. The van der Waals surface area contributed by atoms with Gasteiger partial charge in [0.25, 0.3) is 5.91 Å². The lowest BCUT2D eigenvalue weighted by Gasteiger charge is -2.35. The molecule has 1 N–H and O–H groups in total. The number of benzene rings is 1. The molecule has 0 bridgehead atoms. The van der Waals surface area contributed by atoms with Gasteiger partial charge in [0.1, 0.15) is 0 Å². The number of fused-ring (bicyclic) bond motifs is 1. The summed E-state index contributed by atoms with van der Waals surface area (Å²) in [6, 6.07) is 4.71. The molecular formula is C16H19F3N2O2. The maximum absolute atomic E-state index is 12.5. The number of alkyl halides is 3. The molecule has 4 nitrogen and oxygen atoms in total. The van der Waals surface area contributed by atoms with Crippen LogP contribution in [0.25, 0.3) is 0 Å². The van der Waals surface area contributed by atoms with Crippen LogP contribution in [0.2, 0.25) is 0 Å². The van der Waals surface area contributed by atoms with Crippen LogP contribution in [0.3, 0.4) is 0 Å². The fourth-order valence-electron chi connectivity index (χ4n) is 3.13. The highest BCUT2D eigenvalue weighted by Gasteiger charge is 2.32. The maximum atomic E-state index is 12.5. The van der Waals surface area contributed by atoms with Crippen molar-refractivity contribution in [2.75, 3.05) is 26.2 Å². The van der Waals surface area contributed by atoms with Crippen LogP contribution in [0, 0.1) is 0 Å². The summed E-state index contributed by atoms with van der Waals surface area (Å²) in [5.74, 6) is -0.383. The first-order chi connectivity index (χ1) is 10.9. The lowest BCUT2D eigenvalue weighted by Crippen LogP contribution is -2.50. The number of amides is 1. The zero-order valence-electron chi connectivity index (χ0n) is 12.6. The number of ether oxygens (including phenoxy) is 1. The van der Waals surface area contributed by atoms with E-state index >= 15 is 0 Å². The Labute approximate surface area is 132 Å². The molecule has 3 rings (SSSR count). The predicted octanol–water partition coefficient (Wildman–Crippen LogP) is 2.30. The molecule has 0 aliphatic carbocycles. The minimum absolute atomic E-state index is 0.0669. The van der Waals surface area contributed by atoms with Crippen molar-refractivity contribution in [3.63, 3.8) is 0 Å². The van der Waals surface area contributed by atoms with Crippen LogP contribution in [0.4, 0.5) is 13.2 Å². The first-order valence-corrected chi connectivity index (χ1v) is 7.74. The van der Waals surface area contributed by atoms with Crippen molar-refractivity contribution >= 4 is 5.91 Å². The zero-order valence-corrected chi connectivity index (χ0v) is 12.6. The van der Waals surface area contributed by atoms with Crippen molar-refractivity contribution in [1.29, 1.82) is 0 Å². The third-order valence-corrected chi connectivity index (χ3v) is 4.43. The molecular weight excluding hydrogens is 309 g/mol. The molecule has 2 heterocycles. The Morgan fingerprint density at radius 2 is 2.04 bits per heavy atom. The monoisotopic (exact) mass is 328 g/mol. The molecule has 0 radical (unpaired) electrons. The van der Waals surface area contributed by atoms with E-state index in [0.717, 1.165) is 31.6 Å². The number of hydrogen-bond donors (Lipinski definition) is 1.